The van der Waals surface area contributed by atoms with Gasteiger partial charge in [-0.3, -0.25) is 77.0 Å². The highest BCUT2D eigenvalue weighted by molar-refractivity contribution is 6.17. The molecule has 13 aromatic rings. The maximum absolute atomic E-state index is 12.8. The molecule has 0 bridgehead atoms. The predicted octanol–water partition coefficient (Wildman–Crippen LogP) is 9.42. The van der Waals surface area contributed by atoms with Crippen molar-refractivity contribution in [2.75, 3.05) is 129 Å². The highest BCUT2D eigenvalue weighted by Crippen LogP contribution is 2.32. The predicted molar refractivity (Wildman–Crippen MR) is 485 cm³/mol. The van der Waals surface area contributed by atoms with Gasteiger partial charge in [-0.05, 0) is 195 Å². The zero-order chi connectivity index (χ0) is 86.9. The number of fused-ring (bicyclic) bond motifs is 8. The van der Waals surface area contributed by atoms with Gasteiger partial charge in [0, 0.05) is 96.6 Å². The lowest BCUT2D eigenvalue weighted by atomic mass is 9.97. The van der Waals surface area contributed by atoms with Crippen molar-refractivity contribution in [3.05, 3.63) is 240 Å². The Bertz CT molecular complexity index is 6430. The van der Waals surface area contributed by atoms with Gasteiger partial charge < -0.3 is 68.4 Å². The number of benzene rings is 6. The van der Waals surface area contributed by atoms with Crippen molar-refractivity contribution in [3.63, 3.8) is 0 Å². The number of H-pyrrole nitrogens is 6. The number of carbonyl (C=O) groups excluding carboxylic acids is 5. The zero-order valence-electron chi connectivity index (χ0n) is 70.1. The van der Waals surface area contributed by atoms with Gasteiger partial charge in [0.1, 0.15) is 34.7 Å². The number of likely N-dealkylation sites (N-methyl/N-ethyl adjacent to an activating group) is 3. The van der Waals surface area contributed by atoms with Gasteiger partial charge in [-0.25, -0.2) is 0 Å². The Morgan fingerprint density at radius 2 is 0.721 bits per heavy atom. The summed E-state index contributed by atoms with van der Waals surface area (Å²) in [6, 6.07) is 39.7. The smallest absolute Gasteiger partial charge is 0.257 e. The molecule has 122 heavy (non-hydrogen) atoms. The van der Waals surface area contributed by atoms with E-state index in [9.17, 15) is 52.7 Å². The highest BCUT2D eigenvalue weighted by Gasteiger charge is 2.34. The quantitative estimate of drug-likeness (QED) is 0.0401. The topological polar surface area (TPSA) is 450 Å². The van der Waals surface area contributed by atoms with Crippen molar-refractivity contribution in [2.45, 2.75) is 103 Å². The molecule has 636 valence electrons. The SMILES string of the molecule is CN1CCC[C@@H]1C(=O)c1c(N)[nH]c(=O)c2ccccc12.CN1CCC[C@H]1C(=O)c1c(N)[nH]c(=O)c2ccccc12.Cc1ccc2c(C(=O)CN(C)C)c(N)[nH]c(=O)c2c1.Cc1ccc2c(C(=O)CN3CCCC3)c(N)[nH]c(=O)c2c1.Cn1nc(CN2CCCC2)c2c3ccccc3c(=O)[nH]c21.Nc1[nH]c(=O)c2ccccc2c1C(=O)CCN1CCCC1. The number of Topliss-reactive ketones (excluding diaryl/α,β-unsaturated/α-hetero) is 5. The summed E-state index contributed by atoms with van der Waals surface area (Å²) in [5.41, 5.74) is 34.1. The molecule has 0 aliphatic carbocycles. The van der Waals surface area contributed by atoms with Crippen molar-refractivity contribution in [1.82, 2.24) is 69.1 Å². The third-order valence-electron chi connectivity index (χ3n) is 23.5. The number of hydrogen-bond acceptors (Lipinski definition) is 23. The first-order valence-corrected chi connectivity index (χ1v) is 41.5. The van der Waals surface area contributed by atoms with Crippen molar-refractivity contribution in [2.24, 2.45) is 7.05 Å². The average molecular weight is 1650 g/mol. The summed E-state index contributed by atoms with van der Waals surface area (Å²) < 4.78 is 1.79. The van der Waals surface area contributed by atoms with Crippen molar-refractivity contribution >= 4 is 134 Å². The third-order valence-corrected chi connectivity index (χ3v) is 23.5. The van der Waals surface area contributed by atoms with E-state index in [0.29, 0.717) is 94.6 Å². The zero-order valence-corrected chi connectivity index (χ0v) is 70.1. The molecule has 0 amide bonds. The van der Waals surface area contributed by atoms with E-state index in [1.807, 2.05) is 120 Å². The molecule has 0 spiro atoms. The maximum atomic E-state index is 12.8. The molecule has 0 saturated carbocycles. The van der Waals surface area contributed by atoms with Crippen LogP contribution >= 0.6 is 0 Å². The first kappa shape index (κ1) is 87.0. The van der Waals surface area contributed by atoms with E-state index in [-0.39, 0.29) is 110 Å². The summed E-state index contributed by atoms with van der Waals surface area (Å²) in [5, 5.41) is 13.2. The Morgan fingerprint density at radius 1 is 0.385 bits per heavy atom. The Hall–Kier alpha value is -12.8. The molecular weight excluding hydrogens is 1550 g/mol. The monoisotopic (exact) mass is 1650 g/mol. The van der Waals surface area contributed by atoms with Crippen molar-refractivity contribution in [3.8, 4) is 0 Å². The summed E-state index contributed by atoms with van der Waals surface area (Å²) in [5.74, 6) is 0.653. The van der Waals surface area contributed by atoms with Crippen molar-refractivity contribution in [1.29, 1.82) is 0 Å². The van der Waals surface area contributed by atoms with Crippen LogP contribution < -0.4 is 62.0 Å². The van der Waals surface area contributed by atoms with Crippen LogP contribution in [-0.2, 0) is 13.6 Å². The molecule has 0 unspecified atom stereocenters. The van der Waals surface area contributed by atoms with Crippen LogP contribution in [0.15, 0.2) is 162 Å². The number of nitrogens with two attached hydrogens (primary N) is 5. The molecule has 18 rings (SSSR count). The summed E-state index contributed by atoms with van der Waals surface area (Å²) in [6.07, 6.45) is 11.3. The van der Waals surface area contributed by atoms with Gasteiger partial charge in [-0.1, -0.05) is 108 Å². The molecule has 5 saturated heterocycles. The lowest BCUT2D eigenvalue weighted by Crippen LogP contribution is -2.34. The first-order chi connectivity index (χ1) is 58.5. The molecule has 5 aliphatic heterocycles. The number of carbonyl (C=O) groups is 5. The van der Waals surface area contributed by atoms with E-state index in [4.69, 9.17) is 28.7 Å². The molecule has 30 nitrogen and oxygen atoms in total. The van der Waals surface area contributed by atoms with Gasteiger partial charge in [0.25, 0.3) is 33.4 Å². The van der Waals surface area contributed by atoms with E-state index >= 15 is 0 Å². The van der Waals surface area contributed by atoms with Crippen LogP contribution in [0.1, 0.15) is 139 Å². The number of hydrogen-bond donors (Lipinski definition) is 11. The van der Waals surface area contributed by atoms with Gasteiger partial charge in [-0.2, -0.15) is 5.10 Å². The number of nitrogen functional groups attached to an aromatic ring is 5. The average Bonchev–Trinajstić information content (AvgIpc) is 1.65. The maximum Gasteiger partial charge on any atom is 0.257 e. The van der Waals surface area contributed by atoms with Gasteiger partial charge >= 0.3 is 0 Å². The molecule has 2 atom stereocenters. The van der Waals surface area contributed by atoms with E-state index in [2.05, 4.69) is 49.7 Å². The van der Waals surface area contributed by atoms with Crippen LogP contribution in [-0.4, -0.2) is 210 Å². The van der Waals surface area contributed by atoms with Crippen LogP contribution in [0, 0.1) is 13.8 Å². The highest BCUT2D eigenvalue weighted by atomic mass is 16.2. The number of nitrogens with zero attached hydrogens (tertiary/aromatic N) is 8. The lowest BCUT2D eigenvalue weighted by Gasteiger charge is -2.19. The molecule has 0 radical (unpaired) electrons. The molecule has 5 aliphatic rings. The van der Waals surface area contributed by atoms with E-state index in [0.717, 1.165) is 143 Å². The summed E-state index contributed by atoms with van der Waals surface area (Å²) >= 11 is 0. The minimum Gasteiger partial charge on any atom is -0.385 e. The van der Waals surface area contributed by atoms with Gasteiger partial charge in [0.15, 0.2) is 28.9 Å². The molecule has 16 N–H and O–H groups in total. The number of aryl methyl sites for hydroxylation is 3. The van der Waals surface area contributed by atoms with Crippen LogP contribution in [0.5, 0.6) is 0 Å². The van der Waals surface area contributed by atoms with Crippen LogP contribution in [0.4, 0.5) is 29.1 Å². The Kier molecular flexibility index (Phi) is 27.3. The van der Waals surface area contributed by atoms with Crippen LogP contribution in [0.3, 0.4) is 0 Å². The fourth-order valence-electron chi connectivity index (χ4n) is 17.4. The van der Waals surface area contributed by atoms with Gasteiger partial charge in [-0.15, -0.1) is 0 Å². The minimum atomic E-state index is -0.266. The number of aromatic amines is 6. The van der Waals surface area contributed by atoms with E-state index < -0.39 is 0 Å². The number of rotatable bonds is 16. The number of nitrogens with one attached hydrogen (secondary N) is 6. The second-order valence-corrected chi connectivity index (χ2v) is 32.5. The number of anilines is 5. The summed E-state index contributed by atoms with van der Waals surface area (Å²) in [4.78, 5) is 163. The minimum absolute atomic E-state index is 0.00468. The second-order valence-electron chi connectivity index (χ2n) is 32.5. The van der Waals surface area contributed by atoms with E-state index in [1.54, 1.807) is 82.4 Å². The molecule has 7 aromatic heterocycles. The number of likely N-dealkylation sites (tertiary alicyclic amines) is 5. The normalized spacial score (nSPS) is 16.3. The molecule has 5 fully saturated rings. The molecule has 12 heterocycles. The molecule has 30 heteroatoms. The third kappa shape index (κ3) is 19.1. The fourth-order valence-corrected chi connectivity index (χ4v) is 17.4. The van der Waals surface area contributed by atoms with Gasteiger partial charge in [0.2, 0.25) is 0 Å². The Morgan fingerprint density at radius 3 is 1.13 bits per heavy atom. The van der Waals surface area contributed by atoms with E-state index in [1.165, 1.54) is 25.7 Å². The second kappa shape index (κ2) is 38.3. The molecule has 6 aromatic carbocycles. The standard InChI is InChI=1S/C16H18N4O.2C16H19N3O2.2C15H17N3O2.C14H17N3O2/c1-19-15-14(13(18-19)10-20-8-4-5-9-20)11-6-2-3-7-12(11)16(21)17-15;1-10-4-5-11-12(8-10)16(21)18-15(17)14(11)13(20)9-19-6-2-3-7-19;17-15-14(13(20)7-10-19-8-3-4-9-19)11-5-1-2-6-12(11)16(21)18-15;2*1-18-8-4-7-11(18)13(19)12-9-5-2-3-6-10(9)15(20)17-14(12)16;1-8-4-5-9-10(6-8)14(19)16-13(15)12(9)11(18)7-17(2)3/h2-3,6-7H,4-5,8-10H2,1H3,(H,17,21);4-5,8H,2-3,6-7,9H2,1H3,(H3,17,18,21);1-2,5-6H,3-4,7-10H2,(H3,17,18,21);2*2-3,5-6,11H,4,7-8H2,1H3,(H3,16,17,20);4-6H,7H2,1-3H3,(H3,15,16,19)/t;;;2*11-;/m...10./s1. The van der Waals surface area contributed by atoms with Crippen molar-refractivity contribution < 1.29 is 24.0 Å². The lowest BCUT2D eigenvalue weighted by molar-refractivity contribution is 0.0885. The van der Waals surface area contributed by atoms with Gasteiger partial charge in [0.05, 0.1) is 58.7 Å². The number of ketones is 5. The Balaban J connectivity index is 0.000000126. The summed E-state index contributed by atoms with van der Waals surface area (Å²) in [7, 11) is 9.40. The number of aromatic nitrogens is 8. The summed E-state index contributed by atoms with van der Waals surface area (Å²) in [6.45, 7) is 14.2. The fraction of sp³-hybridized carbons (Fsp3) is 0.348. The van der Waals surface area contributed by atoms with Crippen LogP contribution in [0.2, 0.25) is 0 Å². The number of pyridine rings is 6. The Labute approximate surface area is 702 Å². The molecular formula is C92H107N19O11. The largest absolute Gasteiger partial charge is 0.385 e. The first-order valence-electron chi connectivity index (χ1n) is 41.5. The van der Waals surface area contributed by atoms with Crippen LogP contribution in [0.25, 0.3) is 75.7 Å².